The van der Waals surface area contributed by atoms with Crippen molar-refractivity contribution in [3.63, 3.8) is 0 Å². The predicted molar refractivity (Wildman–Crippen MR) is 155 cm³/mol. The van der Waals surface area contributed by atoms with Gasteiger partial charge in [-0.2, -0.15) is 0 Å². The number of carboxylic acids is 1. The van der Waals surface area contributed by atoms with Gasteiger partial charge in [-0.3, -0.25) is 9.69 Å². The van der Waals surface area contributed by atoms with E-state index < -0.39 is 5.97 Å². The maximum atomic E-state index is 13.2. The Morgan fingerprint density at radius 3 is 2.63 bits per heavy atom. The minimum absolute atomic E-state index is 0.130. The second kappa shape index (κ2) is 12.5. The number of nitrogens with zero attached hydrogens (tertiary/aromatic N) is 2. The van der Waals surface area contributed by atoms with Gasteiger partial charge in [0.25, 0.3) is 5.91 Å². The Morgan fingerprint density at radius 2 is 1.92 bits per heavy atom. The summed E-state index contributed by atoms with van der Waals surface area (Å²) in [6, 6.07) is 17.4. The molecule has 0 spiro atoms. The summed E-state index contributed by atoms with van der Waals surface area (Å²) in [5.41, 5.74) is 2.18. The molecule has 0 atom stereocenters. The minimum atomic E-state index is -1.04. The van der Waals surface area contributed by atoms with Gasteiger partial charge in [0.2, 0.25) is 0 Å². The molecule has 3 aromatic rings. The first-order valence-electron chi connectivity index (χ1n) is 11.8. The Hall–Kier alpha value is -3.27. The third kappa shape index (κ3) is 6.40. The maximum absolute atomic E-state index is 13.2. The number of thioether (sulfide) groups is 1. The molecule has 7 nitrogen and oxygen atoms in total. The van der Waals surface area contributed by atoms with Gasteiger partial charge in [0.05, 0.1) is 27.2 Å². The number of halogens is 2. The number of amides is 1. The smallest absolute Gasteiger partial charge is 0.335 e. The van der Waals surface area contributed by atoms with E-state index in [4.69, 9.17) is 21.1 Å². The molecule has 1 saturated heterocycles. The molecule has 1 heterocycles. The molecular weight excluding hydrogens is 592 g/mol. The number of amidine groups is 1. The number of aliphatic imine (C=N–C) groups is 1. The number of carboxylic acid groups (broad SMARTS) is 1. The van der Waals surface area contributed by atoms with Crippen molar-refractivity contribution in [2.45, 2.75) is 20.5 Å². The summed E-state index contributed by atoms with van der Waals surface area (Å²) in [4.78, 5) is 31.1. The molecule has 1 aliphatic heterocycles. The molecule has 0 aromatic heterocycles. The molecule has 1 N–H and O–H groups in total. The van der Waals surface area contributed by atoms with Crippen LogP contribution in [0.15, 0.2) is 75.0 Å². The van der Waals surface area contributed by atoms with Crippen LogP contribution in [0.5, 0.6) is 11.5 Å². The van der Waals surface area contributed by atoms with E-state index in [9.17, 15) is 14.7 Å². The molecule has 3 aromatic carbocycles. The van der Waals surface area contributed by atoms with Gasteiger partial charge in [-0.25, -0.2) is 9.79 Å². The molecule has 0 unspecified atom stereocenters. The van der Waals surface area contributed by atoms with Gasteiger partial charge in [0, 0.05) is 17.1 Å². The summed E-state index contributed by atoms with van der Waals surface area (Å²) >= 11 is 11.1. The van der Waals surface area contributed by atoms with E-state index in [1.165, 1.54) is 23.9 Å². The summed E-state index contributed by atoms with van der Waals surface area (Å²) < 4.78 is 12.6. The van der Waals surface area contributed by atoms with Crippen molar-refractivity contribution in [3.8, 4) is 11.5 Å². The fraction of sp³-hybridized carbons (Fsp3) is 0.179. The Labute approximate surface area is 238 Å². The largest absolute Gasteiger partial charge is 0.490 e. The molecule has 1 fully saturated rings. The molecular formula is C28H24BrClN2O5S. The lowest BCUT2D eigenvalue weighted by molar-refractivity contribution is -0.122. The number of carbonyl (C=O) groups excluding carboxylic acids is 1. The number of carbonyl (C=O) groups is 2. The van der Waals surface area contributed by atoms with E-state index in [-0.39, 0.29) is 18.1 Å². The van der Waals surface area contributed by atoms with Crippen LogP contribution in [-0.4, -0.2) is 40.2 Å². The quantitative estimate of drug-likeness (QED) is 0.252. The molecule has 0 radical (unpaired) electrons. The van der Waals surface area contributed by atoms with Gasteiger partial charge >= 0.3 is 5.97 Å². The summed E-state index contributed by atoms with van der Waals surface area (Å²) in [6.45, 7) is 4.86. The Kier molecular flexibility index (Phi) is 9.14. The molecule has 1 amide bonds. The highest BCUT2D eigenvalue weighted by molar-refractivity contribution is 9.10. The van der Waals surface area contributed by atoms with Crippen molar-refractivity contribution in [1.82, 2.24) is 4.90 Å². The van der Waals surface area contributed by atoms with Crippen LogP contribution in [0.2, 0.25) is 5.02 Å². The van der Waals surface area contributed by atoms with Crippen LogP contribution in [-0.2, 0) is 11.4 Å². The Bertz CT molecular complexity index is 1440. The van der Waals surface area contributed by atoms with Crippen molar-refractivity contribution >= 4 is 68.1 Å². The van der Waals surface area contributed by atoms with Gasteiger partial charge in [-0.15, -0.1) is 0 Å². The summed E-state index contributed by atoms with van der Waals surface area (Å²) in [7, 11) is 0. The standard InChI is InChI=1S/C28H24BrClN2O5S/c1-3-32-26(33)24(38-28(32)31-20-10-7-9-18(15-20)27(34)35)14-17-12-21(29)25(23(13-17)36-4-2)37-16-19-8-5-6-11-22(19)30/h5-15H,3-4,16H2,1-2H3,(H,34,35). The monoisotopic (exact) mass is 614 g/mol. The summed E-state index contributed by atoms with van der Waals surface area (Å²) in [6.07, 6.45) is 1.77. The van der Waals surface area contributed by atoms with Gasteiger partial charge in [0.15, 0.2) is 16.7 Å². The van der Waals surface area contributed by atoms with Crippen LogP contribution in [0.1, 0.15) is 35.3 Å². The SMILES string of the molecule is CCOc1cc(C=C2SC(=Nc3cccc(C(=O)O)c3)N(CC)C2=O)cc(Br)c1OCc1ccccc1Cl. The molecule has 0 aliphatic carbocycles. The lowest BCUT2D eigenvalue weighted by Gasteiger charge is -2.15. The van der Waals surface area contributed by atoms with Crippen molar-refractivity contribution in [2.24, 2.45) is 4.99 Å². The highest BCUT2D eigenvalue weighted by atomic mass is 79.9. The van der Waals surface area contributed by atoms with Gasteiger partial charge < -0.3 is 14.6 Å². The average molecular weight is 616 g/mol. The topological polar surface area (TPSA) is 88.4 Å². The number of aromatic carboxylic acids is 1. The van der Waals surface area contributed by atoms with Crippen LogP contribution in [0.4, 0.5) is 5.69 Å². The lowest BCUT2D eigenvalue weighted by Crippen LogP contribution is -2.28. The molecule has 196 valence electrons. The molecule has 10 heteroatoms. The van der Waals surface area contributed by atoms with Gasteiger partial charge in [-0.05, 0) is 89.6 Å². The molecule has 38 heavy (non-hydrogen) atoms. The van der Waals surface area contributed by atoms with E-state index in [1.807, 2.05) is 50.2 Å². The predicted octanol–water partition coefficient (Wildman–Crippen LogP) is 7.40. The lowest BCUT2D eigenvalue weighted by atomic mass is 10.1. The third-order valence-electron chi connectivity index (χ3n) is 5.48. The second-order valence-corrected chi connectivity index (χ2v) is 10.3. The molecule has 1 aliphatic rings. The number of hydrogen-bond acceptors (Lipinski definition) is 6. The van der Waals surface area contributed by atoms with Crippen molar-refractivity contribution < 1.29 is 24.2 Å². The Morgan fingerprint density at radius 1 is 1.13 bits per heavy atom. The molecule has 0 bridgehead atoms. The van der Waals surface area contributed by atoms with Gasteiger partial charge in [0.1, 0.15) is 6.61 Å². The van der Waals surface area contributed by atoms with E-state index in [0.29, 0.717) is 49.9 Å². The normalized spacial score (nSPS) is 15.4. The summed E-state index contributed by atoms with van der Waals surface area (Å²) in [5, 5.41) is 10.4. The zero-order chi connectivity index (χ0) is 27.2. The van der Waals surface area contributed by atoms with Crippen LogP contribution < -0.4 is 9.47 Å². The van der Waals surface area contributed by atoms with E-state index >= 15 is 0 Å². The van der Waals surface area contributed by atoms with E-state index in [1.54, 1.807) is 23.1 Å². The number of ether oxygens (including phenoxy) is 2. The van der Waals surface area contributed by atoms with Crippen molar-refractivity contribution in [2.75, 3.05) is 13.2 Å². The highest BCUT2D eigenvalue weighted by Gasteiger charge is 2.32. The van der Waals surface area contributed by atoms with Crippen LogP contribution in [0.25, 0.3) is 6.08 Å². The zero-order valence-corrected chi connectivity index (χ0v) is 23.8. The number of benzene rings is 3. The van der Waals surface area contributed by atoms with Crippen molar-refractivity contribution in [3.05, 3.63) is 91.8 Å². The number of hydrogen-bond donors (Lipinski definition) is 1. The first-order chi connectivity index (χ1) is 18.3. The van der Waals surface area contributed by atoms with Gasteiger partial charge in [-0.1, -0.05) is 35.9 Å². The minimum Gasteiger partial charge on any atom is -0.490 e. The van der Waals surface area contributed by atoms with E-state index in [2.05, 4.69) is 20.9 Å². The third-order valence-corrected chi connectivity index (χ3v) is 7.45. The van der Waals surface area contributed by atoms with E-state index in [0.717, 1.165) is 11.1 Å². The van der Waals surface area contributed by atoms with Crippen LogP contribution in [0, 0.1) is 0 Å². The maximum Gasteiger partial charge on any atom is 0.335 e. The Balaban J connectivity index is 1.62. The fourth-order valence-electron chi connectivity index (χ4n) is 3.68. The first-order valence-corrected chi connectivity index (χ1v) is 13.8. The van der Waals surface area contributed by atoms with Crippen LogP contribution in [0.3, 0.4) is 0 Å². The number of likely N-dealkylation sites (N-methyl/N-ethyl adjacent to an activating group) is 1. The van der Waals surface area contributed by atoms with Crippen molar-refractivity contribution in [1.29, 1.82) is 0 Å². The number of rotatable bonds is 9. The molecule has 4 rings (SSSR count). The fourth-order valence-corrected chi connectivity index (χ4v) is 5.51. The van der Waals surface area contributed by atoms with Crippen LogP contribution >= 0.6 is 39.3 Å². The molecule has 0 saturated carbocycles. The summed E-state index contributed by atoms with van der Waals surface area (Å²) in [5.74, 6) is -0.151. The first kappa shape index (κ1) is 27.8. The average Bonchev–Trinajstić information content (AvgIpc) is 3.18. The second-order valence-electron chi connectivity index (χ2n) is 8.05. The zero-order valence-electron chi connectivity index (χ0n) is 20.6. The highest BCUT2D eigenvalue weighted by Crippen LogP contribution is 2.40.